The molecule has 1 aromatic carbocycles. The normalized spacial score (nSPS) is 14.6. The summed E-state index contributed by atoms with van der Waals surface area (Å²) < 4.78 is 1.79. The second-order valence-electron chi connectivity index (χ2n) is 6.86. The topological polar surface area (TPSA) is 97.1 Å². The summed E-state index contributed by atoms with van der Waals surface area (Å²) in [7, 11) is 0. The van der Waals surface area contributed by atoms with E-state index in [9.17, 15) is 9.59 Å². The Bertz CT molecular complexity index is 1080. The molecule has 1 aliphatic carbocycles. The molecule has 0 spiro atoms. The van der Waals surface area contributed by atoms with Gasteiger partial charge in [0.25, 0.3) is 5.56 Å². The highest BCUT2D eigenvalue weighted by atomic mass is 16.4. The monoisotopic (exact) mass is 364 g/mol. The van der Waals surface area contributed by atoms with E-state index in [1.807, 2.05) is 6.92 Å². The summed E-state index contributed by atoms with van der Waals surface area (Å²) in [6.45, 7) is 1.88. The molecule has 27 heavy (non-hydrogen) atoms. The lowest BCUT2D eigenvalue weighted by molar-refractivity contribution is 0.0697. The maximum atomic E-state index is 12.5. The Labute approximate surface area is 155 Å². The van der Waals surface area contributed by atoms with E-state index in [0.717, 1.165) is 36.8 Å². The van der Waals surface area contributed by atoms with Crippen LogP contribution in [0.1, 0.15) is 47.8 Å². The van der Waals surface area contributed by atoms with Crippen LogP contribution in [-0.2, 0) is 0 Å². The number of rotatable bonds is 4. The molecule has 138 valence electrons. The maximum absolute atomic E-state index is 12.5. The van der Waals surface area contributed by atoms with Gasteiger partial charge >= 0.3 is 5.97 Å². The number of nitrogens with one attached hydrogen (secondary N) is 1. The minimum absolute atomic E-state index is 0.0497. The molecule has 2 heterocycles. The summed E-state index contributed by atoms with van der Waals surface area (Å²) >= 11 is 0. The van der Waals surface area contributed by atoms with Gasteiger partial charge in [0.05, 0.1) is 11.3 Å². The second kappa shape index (κ2) is 6.83. The van der Waals surface area contributed by atoms with Gasteiger partial charge in [-0.15, -0.1) is 0 Å². The Balaban J connectivity index is 1.80. The van der Waals surface area contributed by atoms with Crippen LogP contribution in [0.15, 0.2) is 41.2 Å². The zero-order chi connectivity index (χ0) is 19.0. The molecule has 3 aromatic rings. The van der Waals surface area contributed by atoms with Crippen LogP contribution < -0.4 is 10.9 Å². The molecular formula is C20H20N4O3. The molecule has 0 atom stereocenters. The molecule has 4 rings (SSSR count). The Hall–Kier alpha value is -3.22. The number of carbonyl (C=O) groups is 1. The van der Waals surface area contributed by atoms with E-state index in [1.165, 1.54) is 12.1 Å². The highest BCUT2D eigenvalue weighted by molar-refractivity contribution is 5.89. The van der Waals surface area contributed by atoms with Crippen molar-refractivity contribution >= 4 is 28.6 Å². The lowest BCUT2D eigenvalue weighted by Crippen LogP contribution is -2.24. The second-order valence-corrected chi connectivity index (χ2v) is 6.86. The fraction of sp³-hybridized carbons (Fsp3) is 0.300. The number of aryl methyl sites for hydroxylation is 1. The maximum Gasteiger partial charge on any atom is 0.335 e. The average molecular weight is 364 g/mol. The third-order valence-corrected chi connectivity index (χ3v) is 5.03. The lowest BCUT2D eigenvalue weighted by atomic mass is 10.2. The van der Waals surface area contributed by atoms with Crippen molar-refractivity contribution in [1.29, 1.82) is 0 Å². The predicted octanol–water partition coefficient (Wildman–Crippen LogP) is 3.66. The van der Waals surface area contributed by atoms with Crippen molar-refractivity contribution < 1.29 is 9.90 Å². The molecule has 0 saturated heterocycles. The third-order valence-electron chi connectivity index (χ3n) is 5.03. The first-order chi connectivity index (χ1) is 13.0. The van der Waals surface area contributed by atoms with Gasteiger partial charge in [0.15, 0.2) is 0 Å². The number of anilines is 2. The molecule has 7 heteroatoms. The number of aromatic carboxylic acids is 1. The number of benzene rings is 1. The number of carboxylic acids is 1. The van der Waals surface area contributed by atoms with E-state index in [0.29, 0.717) is 17.3 Å². The molecule has 2 aromatic heterocycles. The molecule has 0 radical (unpaired) electrons. The fourth-order valence-corrected chi connectivity index (χ4v) is 3.71. The van der Waals surface area contributed by atoms with Gasteiger partial charge in [-0.1, -0.05) is 18.9 Å². The summed E-state index contributed by atoms with van der Waals surface area (Å²) in [5, 5.41) is 13.1. The van der Waals surface area contributed by atoms with E-state index in [-0.39, 0.29) is 17.2 Å². The number of carboxylic acid groups (broad SMARTS) is 1. The van der Waals surface area contributed by atoms with Crippen LogP contribution in [0.4, 0.5) is 11.6 Å². The number of pyridine rings is 1. The fourth-order valence-electron chi connectivity index (χ4n) is 3.71. The molecule has 0 amide bonds. The third kappa shape index (κ3) is 3.28. The summed E-state index contributed by atoms with van der Waals surface area (Å²) in [5.74, 6) is -0.649. The van der Waals surface area contributed by atoms with Gasteiger partial charge in [-0.05, 0) is 44.0 Å². The van der Waals surface area contributed by atoms with E-state index >= 15 is 0 Å². The number of nitrogens with zero attached hydrogens (tertiary/aromatic N) is 3. The molecule has 1 saturated carbocycles. The highest BCUT2D eigenvalue weighted by Gasteiger charge is 2.21. The standard InChI is InChI=1S/C20H20N4O3/c1-12-16-9-10-17(25)24(15-7-2-3-8-15)18(16)23-20(21-12)22-14-6-4-5-13(11-14)19(26)27/h4-6,9-11,15H,2-3,7-8H2,1H3,(H,26,27)(H,21,22,23). The van der Waals surface area contributed by atoms with Crippen LogP contribution in [0.5, 0.6) is 0 Å². The van der Waals surface area contributed by atoms with Gasteiger partial charge in [0.1, 0.15) is 5.65 Å². The van der Waals surface area contributed by atoms with Crippen LogP contribution in [-0.4, -0.2) is 25.6 Å². The van der Waals surface area contributed by atoms with Crippen molar-refractivity contribution in [1.82, 2.24) is 14.5 Å². The van der Waals surface area contributed by atoms with Crippen molar-refractivity contribution in [3.05, 3.63) is 58.0 Å². The van der Waals surface area contributed by atoms with Gasteiger partial charge in [-0.25, -0.2) is 9.78 Å². The summed E-state index contributed by atoms with van der Waals surface area (Å²) in [4.78, 5) is 32.8. The lowest BCUT2D eigenvalue weighted by Gasteiger charge is -2.17. The van der Waals surface area contributed by atoms with Crippen molar-refractivity contribution in [3.63, 3.8) is 0 Å². The van der Waals surface area contributed by atoms with Crippen LogP contribution in [0, 0.1) is 6.92 Å². The van der Waals surface area contributed by atoms with Crippen LogP contribution in [0.3, 0.4) is 0 Å². The SMILES string of the molecule is Cc1nc(Nc2cccc(C(=O)O)c2)nc2c1ccc(=O)n2C1CCCC1. The zero-order valence-corrected chi connectivity index (χ0v) is 15.0. The van der Waals surface area contributed by atoms with E-state index in [4.69, 9.17) is 5.11 Å². The zero-order valence-electron chi connectivity index (χ0n) is 15.0. The number of fused-ring (bicyclic) bond motifs is 1. The minimum Gasteiger partial charge on any atom is -0.478 e. The predicted molar refractivity (Wildman–Crippen MR) is 103 cm³/mol. The van der Waals surface area contributed by atoms with Crippen LogP contribution >= 0.6 is 0 Å². The number of hydrogen-bond donors (Lipinski definition) is 2. The Morgan fingerprint density at radius 3 is 2.70 bits per heavy atom. The largest absolute Gasteiger partial charge is 0.478 e. The molecule has 0 unspecified atom stereocenters. The Morgan fingerprint density at radius 2 is 1.96 bits per heavy atom. The van der Waals surface area contributed by atoms with Gasteiger partial charge in [0, 0.05) is 23.2 Å². The quantitative estimate of drug-likeness (QED) is 0.733. The summed E-state index contributed by atoms with van der Waals surface area (Å²) in [6, 6.07) is 9.99. The smallest absolute Gasteiger partial charge is 0.335 e. The Kier molecular flexibility index (Phi) is 4.35. The van der Waals surface area contributed by atoms with Gasteiger partial charge in [-0.2, -0.15) is 4.98 Å². The van der Waals surface area contributed by atoms with Crippen molar-refractivity contribution in [3.8, 4) is 0 Å². The molecule has 0 aliphatic heterocycles. The average Bonchev–Trinajstić information content (AvgIpc) is 3.15. The highest BCUT2D eigenvalue weighted by Crippen LogP contribution is 2.31. The molecule has 7 nitrogen and oxygen atoms in total. The molecule has 2 N–H and O–H groups in total. The molecule has 1 fully saturated rings. The van der Waals surface area contributed by atoms with Gasteiger partial charge < -0.3 is 10.4 Å². The van der Waals surface area contributed by atoms with Crippen LogP contribution in [0.25, 0.3) is 11.0 Å². The van der Waals surface area contributed by atoms with Gasteiger partial charge in [0.2, 0.25) is 5.95 Å². The number of aromatic nitrogens is 3. The van der Waals surface area contributed by atoms with Crippen molar-refractivity contribution in [2.24, 2.45) is 0 Å². The summed E-state index contributed by atoms with van der Waals surface area (Å²) in [6.07, 6.45) is 4.19. The summed E-state index contributed by atoms with van der Waals surface area (Å²) in [5.41, 5.74) is 2.11. The van der Waals surface area contributed by atoms with E-state index < -0.39 is 5.97 Å². The molecular weight excluding hydrogens is 344 g/mol. The van der Waals surface area contributed by atoms with Crippen LogP contribution in [0.2, 0.25) is 0 Å². The van der Waals surface area contributed by atoms with Crippen molar-refractivity contribution in [2.45, 2.75) is 38.6 Å². The number of hydrogen-bond acceptors (Lipinski definition) is 5. The van der Waals surface area contributed by atoms with Gasteiger partial charge in [-0.3, -0.25) is 9.36 Å². The van der Waals surface area contributed by atoms with E-state index in [2.05, 4.69) is 15.3 Å². The van der Waals surface area contributed by atoms with Crippen molar-refractivity contribution in [2.75, 3.05) is 5.32 Å². The van der Waals surface area contributed by atoms with E-state index in [1.54, 1.807) is 28.8 Å². The first-order valence-electron chi connectivity index (χ1n) is 9.03. The first kappa shape index (κ1) is 17.2. The first-order valence-corrected chi connectivity index (χ1v) is 9.03. The minimum atomic E-state index is -0.996. The molecule has 1 aliphatic rings. The Morgan fingerprint density at radius 1 is 1.19 bits per heavy atom. The molecule has 0 bridgehead atoms.